The number of alkyl halides is 4. The molecule has 0 spiro atoms. The number of aromatic nitrogens is 3. The maximum absolute atomic E-state index is 14.3. The first kappa shape index (κ1) is 29.3. The number of carbonyl (C=O) groups excluding carboxylic acids is 1. The minimum absolute atomic E-state index is 0.00442. The molecule has 0 radical (unpaired) electrons. The lowest BCUT2D eigenvalue weighted by Crippen LogP contribution is -2.42. The van der Waals surface area contributed by atoms with Crippen molar-refractivity contribution in [3.63, 3.8) is 0 Å². The lowest BCUT2D eigenvalue weighted by Gasteiger charge is -2.30. The molecule has 3 N–H and O–H groups in total. The van der Waals surface area contributed by atoms with Crippen molar-refractivity contribution in [3.8, 4) is 17.5 Å². The van der Waals surface area contributed by atoms with Gasteiger partial charge in [-0.3, -0.25) is 9.78 Å². The Morgan fingerprint density at radius 3 is 2.58 bits per heavy atom. The van der Waals surface area contributed by atoms with Crippen LogP contribution in [0.4, 0.5) is 23.2 Å². The number of hydrogen-bond acceptors (Lipinski definition) is 6. The van der Waals surface area contributed by atoms with Crippen molar-refractivity contribution in [2.45, 2.75) is 76.4 Å². The van der Waals surface area contributed by atoms with Crippen LogP contribution in [0.15, 0.2) is 36.7 Å². The summed E-state index contributed by atoms with van der Waals surface area (Å²) in [5.74, 6) is -0.584. The molecular formula is C28H32F4N6O2. The lowest BCUT2D eigenvalue weighted by molar-refractivity contribution is -0.138. The standard InChI is InChI=1S/C28H32F4N6O2/c1-27(2,40)25(29)16-35-26(39)21-15-34-23(24-8-7-20-11-18(13-33)14-36-38(20)24)12-22(21)37-19-5-3-17(4-6-19)9-10-28(30,31)32/h7-8,11-12,14-15,17,19,25,40H,3-6,9-10,16H2,1-2H3,(H,34,37)(H,35,39)/t17?,19?,25-/m1/s1. The summed E-state index contributed by atoms with van der Waals surface area (Å²) in [5, 5.41) is 29.2. The highest BCUT2D eigenvalue weighted by molar-refractivity contribution is 6.00. The van der Waals surface area contributed by atoms with Gasteiger partial charge < -0.3 is 15.7 Å². The number of carbonyl (C=O) groups is 1. The van der Waals surface area contributed by atoms with Crippen LogP contribution >= 0.6 is 0 Å². The van der Waals surface area contributed by atoms with Crippen LogP contribution in [0.1, 0.15) is 68.3 Å². The first-order valence-electron chi connectivity index (χ1n) is 13.2. The van der Waals surface area contributed by atoms with Gasteiger partial charge in [-0.15, -0.1) is 0 Å². The number of pyridine rings is 1. The van der Waals surface area contributed by atoms with Crippen molar-refractivity contribution in [1.29, 1.82) is 5.26 Å². The van der Waals surface area contributed by atoms with E-state index in [0.29, 0.717) is 53.8 Å². The molecule has 1 atom stereocenters. The topological polar surface area (TPSA) is 115 Å². The molecule has 1 saturated carbocycles. The molecule has 1 aliphatic carbocycles. The highest BCUT2D eigenvalue weighted by Gasteiger charge is 2.31. The first-order chi connectivity index (χ1) is 18.8. The number of amides is 1. The van der Waals surface area contributed by atoms with Crippen molar-refractivity contribution in [2.75, 3.05) is 11.9 Å². The van der Waals surface area contributed by atoms with Crippen LogP contribution in [0.2, 0.25) is 0 Å². The number of rotatable bonds is 9. The Morgan fingerprint density at radius 2 is 1.93 bits per heavy atom. The molecule has 0 bridgehead atoms. The van der Waals surface area contributed by atoms with Gasteiger partial charge in [-0.25, -0.2) is 8.91 Å². The monoisotopic (exact) mass is 560 g/mol. The molecule has 0 aromatic carbocycles. The van der Waals surface area contributed by atoms with Gasteiger partial charge >= 0.3 is 6.18 Å². The van der Waals surface area contributed by atoms with E-state index >= 15 is 0 Å². The molecule has 1 amide bonds. The maximum atomic E-state index is 14.3. The van der Waals surface area contributed by atoms with E-state index in [1.165, 1.54) is 26.2 Å². The van der Waals surface area contributed by atoms with Crippen molar-refractivity contribution in [1.82, 2.24) is 19.9 Å². The van der Waals surface area contributed by atoms with Gasteiger partial charge in [-0.2, -0.15) is 23.5 Å². The van der Waals surface area contributed by atoms with E-state index in [9.17, 15) is 27.5 Å². The van der Waals surface area contributed by atoms with E-state index in [-0.39, 0.29) is 23.9 Å². The van der Waals surface area contributed by atoms with Crippen LogP contribution in [0.3, 0.4) is 0 Å². The molecule has 1 fully saturated rings. The Labute approximate surface area is 229 Å². The van der Waals surface area contributed by atoms with E-state index in [1.807, 2.05) is 6.07 Å². The van der Waals surface area contributed by atoms with Crippen LogP contribution in [0, 0.1) is 17.2 Å². The molecule has 12 heteroatoms. The van der Waals surface area contributed by atoms with Gasteiger partial charge in [-0.05, 0) is 76.1 Å². The Bertz CT molecular complexity index is 1380. The second-order valence-corrected chi connectivity index (χ2v) is 10.9. The molecule has 8 nitrogen and oxygen atoms in total. The summed E-state index contributed by atoms with van der Waals surface area (Å²) >= 11 is 0. The first-order valence-corrected chi connectivity index (χ1v) is 13.2. The summed E-state index contributed by atoms with van der Waals surface area (Å²) in [6.07, 6.45) is -1.18. The molecule has 0 unspecified atom stereocenters. The van der Waals surface area contributed by atoms with Gasteiger partial charge in [0.25, 0.3) is 5.91 Å². The molecule has 214 valence electrons. The second-order valence-electron chi connectivity index (χ2n) is 10.9. The van der Waals surface area contributed by atoms with Crippen molar-refractivity contribution >= 4 is 17.1 Å². The van der Waals surface area contributed by atoms with E-state index in [4.69, 9.17) is 5.26 Å². The van der Waals surface area contributed by atoms with Gasteiger partial charge in [0.1, 0.15) is 12.2 Å². The van der Waals surface area contributed by atoms with E-state index in [2.05, 4.69) is 20.7 Å². The molecule has 0 saturated heterocycles. The molecule has 3 aromatic rings. The van der Waals surface area contributed by atoms with Crippen molar-refractivity contribution in [3.05, 3.63) is 47.8 Å². The van der Waals surface area contributed by atoms with E-state index in [0.717, 1.165) is 0 Å². The summed E-state index contributed by atoms with van der Waals surface area (Å²) in [6, 6.07) is 8.93. The number of nitrogens with one attached hydrogen (secondary N) is 2. The van der Waals surface area contributed by atoms with Crippen LogP contribution in [0.5, 0.6) is 0 Å². The average molecular weight is 561 g/mol. The third kappa shape index (κ3) is 7.27. The number of halogens is 4. The van der Waals surface area contributed by atoms with Crippen LogP contribution in [-0.4, -0.2) is 56.1 Å². The van der Waals surface area contributed by atoms with Gasteiger partial charge in [0, 0.05) is 18.7 Å². The summed E-state index contributed by atoms with van der Waals surface area (Å²) in [5.41, 5.74) is 1.20. The Morgan fingerprint density at radius 1 is 1.20 bits per heavy atom. The number of hydrogen-bond donors (Lipinski definition) is 3. The predicted octanol–water partition coefficient (Wildman–Crippen LogP) is 5.42. The summed E-state index contributed by atoms with van der Waals surface area (Å²) in [7, 11) is 0. The van der Waals surface area contributed by atoms with Crippen LogP contribution in [-0.2, 0) is 0 Å². The largest absolute Gasteiger partial charge is 0.389 e. The Balaban J connectivity index is 1.57. The third-order valence-corrected chi connectivity index (χ3v) is 7.29. The zero-order valence-corrected chi connectivity index (χ0v) is 22.3. The van der Waals surface area contributed by atoms with Gasteiger partial charge in [0.05, 0.1) is 52.1 Å². The molecule has 3 aromatic heterocycles. The number of aliphatic hydroxyl groups is 1. The Kier molecular flexibility index (Phi) is 8.63. The molecule has 1 aliphatic rings. The quantitative estimate of drug-likeness (QED) is 0.301. The molecular weight excluding hydrogens is 528 g/mol. The maximum Gasteiger partial charge on any atom is 0.389 e. The summed E-state index contributed by atoms with van der Waals surface area (Å²) in [4.78, 5) is 17.5. The summed E-state index contributed by atoms with van der Waals surface area (Å²) in [6.45, 7) is 2.23. The van der Waals surface area contributed by atoms with Gasteiger partial charge in [0.15, 0.2) is 0 Å². The van der Waals surface area contributed by atoms with Gasteiger partial charge in [0.2, 0.25) is 0 Å². The molecule has 3 heterocycles. The summed E-state index contributed by atoms with van der Waals surface area (Å²) < 4.78 is 53.9. The zero-order valence-electron chi connectivity index (χ0n) is 22.3. The Hall–Kier alpha value is -3.72. The molecule has 4 rings (SSSR count). The average Bonchev–Trinajstić information content (AvgIpc) is 3.33. The van der Waals surface area contributed by atoms with Crippen LogP contribution in [0.25, 0.3) is 16.9 Å². The highest BCUT2D eigenvalue weighted by Crippen LogP contribution is 2.34. The third-order valence-electron chi connectivity index (χ3n) is 7.29. The fourth-order valence-electron chi connectivity index (χ4n) is 4.86. The zero-order chi connectivity index (χ0) is 29.1. The number of nitrogens with zero attached hydrogens (tertiary/aromatic N) is 4. The minimum Gasteiger partial charge on any atom is -0.387 e. The second kappa shape index (κ2) is 11.8. The van der Waals surface area contributed by atoms with Crippen molar-refractivity contribution in [2.24, 2.45) is 5.92 Å². The molecule has 40 heavy (non-hydrogen) atoms. The number of nitriles is 1. The fourth-order valence-corrected chi connectivity index (χ4v) is 4.86. The highest BCUT2D eigenvalue weighted by atomic mass is 19.4. The fraction of sp³-hybridized carbons (Fsp3) is 0.500. The van der Waals surface area contributed by atoms with E-state index < -0.39 is 36.8 Å². The SMILES string of the molecule is CC(C)(O)[C@H](F)CNC(=O)c1cnc(-c2ccc3cc(C#N)cnn23)cc1NC1CCC(CCC(F)(F)F)CC1. The smallest absolute Gasteiger partial charge is 0.387 e. The minimum atomic E-state index is -4.16. The van der Waals surface area contributed by atoms with Gasteiger partial charge in [-0.1, -0.05) is 0 Å². The normalized spacial score (nSPS) is 18.8. The number of fused-ring (bicyclic) bond motifs is 1. The van der Waals surface area contributed by atoms with E-state index in [1.54, 1.807) is 28.8 Å². The molecule has 0 aliphatic heterocycles. The van der Waals surface area contributed by atoms with Crippen LogP contribution < -0.4 is 10.6 Å². The predicted molar refractivity (Wildman–Crippen MR) is 141 cm³/mol. The van der Waals surface area contributed by atoms with Crippen molar-refractivity contribution < 1.29 is 27.5 Å². The lowest BCUT2D eigenvalue weighted by atomic mass is 9.83. The number of anilines is 1.